The second kappa shape index (κ2) is 6.36. The van der Waals surface area contributed by atoms with E-state index >= 15 is 0 Å². The molecule has 1 aromatic carbocycles. The summed E-state index contributed by atoms with van der Waals surface area (Å²) in [6.45, 7) is 2.22. The highest BCUT2D eigenvalue weighted by Crippen LogP contribution is 2.20. The molecular weight excluding hydrogens is 256 g/mol. The summed E-state index contributed by atoms with van der Waals surface area (Å²) >= 11 is 0. The molecule has 2 rings (SSSR count). The minimum Gasteiger partial charge on any atom is -0.467 e. The van der Waals surface area contributed by atoms with Gasteiger partial charge in [-0.25, -0.2) is 0 Å². The van der Waals surface area contributed by atoms with Crippen molar-refractivity contribution in [1.82, 2.24) is 0 Å². The van der Waals surface area contributed by atoms with E-state index in [4.69, 9.17) is 14.9 Å². The summed E-state index contributed by atoms with van der Waals surface area (Å²) in [6.07, 6.45) is 1.38. The third kappa shape index (κ3) is 3.26. The first-order valence-electron chi connectivity index (χ1n) is 6.35. The molecule has 1 unspecified atom stereocenters. The summed E-state index contributed by atoms with van der Waals surface area (Å²) in [5.74, 6) is 0.354. The van der Waals surface area contributed by atoms with Crippen molar-refractivity contribution in [3.8, 4) is 0 Å². The van der Waals surface area contributed by atoms with Crippen molar-refractivity contribution in [2.75, 3.05) is 12.4 Å². The van der Waals surface area contributed by atoms with Crippen molar-refractivity contribution in [3.63, 3.8) is 0 Å². The lowest BCUT2D eigenvalue weighted by Crippen LogP contribution is -2.11. The van der Waals surface area contributed by atoms with Crippen LogP contribution >= 0.6 is 0 Å². The van der Waals surface area contributed by atoms with E-state index in [9.17, 15) is 4.79 Å². The highest BCUT2D eigenvalue weighted by atomic mass is 16.5. The molecule has 2 aromatic rings. The lowest BCUT2D eigenvalue weighted by Gasteiger charge is -2.11. The summed E-state index contributed by atoms with van der Waals surface area (Å²) in [5, 5.41) is 2.82. The molecule has 0 aliphatic heterocycles. The fourth-order valence-corrected chi connectivity index (χ4v) is 1.82. The zero-order valence-electron chi connectivity index (χ0n) is 11.6. The van der Waals surface area contributed by atoms with Gasteiger partial charge in [0, 0.05) is 12.8 Å². The van der Waals surface area contributed by atoms with Crippen LogP contribution in [0.25, 0.3) is 0 Å². The number of rotatable bonds is 5. The Balaban J connectivity index is 2.11. The first-order chi connectivity index (χ1) is 9.63. The molecule has 106 valence electrons. The van der Waals surface area contributed by atoms with Gasteiger partial charge in [-0.2, -0.15) is 0 Å². The van der Waals surface area contributed by atoms with Crippen LogP contribution < -0.4 is 11.1 Å². The molecule has 0 fully saturated rings. The predicted octanol–water partition coefficient (Wildman–Crippen LogP) is 2.70. The van der Waals surface area contributed by atoms with E-state index < -0.39 is 0 Å². The van der Waals surface area contributed by atoms with Gasteiger partial charge < -0.3 is 20.2 Å². The fraction of sp³-hybridized carbons (Fsp3) is 0.267. The molecular formula is C15H18N2O3. The minimum atomic E-state index is -0.226. The van der Waals surface area contributed by atoms with Crippen molar-refractivity contribution in [2.45, 2.75) is 19.6 Å². The zero-order chi connectivity index (χ0) is 14.5. The number of anilines is 1. The van der Waals surface area contributed by atoms with Crippen LogP contribution in [0.2, 0.25) is 0 Å². The fourth-order valence-electron chi connectivity index (χ4n) is 1.82. The third-order valence-electron chi connectivity index (χ3n) is 3.08. The van der Waals surface area contributed by atoms with E-state index in [2.05, 4.69) is 5.32 Å². The Hall–Kier alpha value is -2.11. The summed E-state index contributed by atoms with van der Waals surface area (Å²) in [6, 6.07) is 9.18. The highest BCUT2D eigenvalue weighted by Gasteiger charge is 2.11. The molecule has 5 nitrogen and oxygen atoms in total. The molecule has 0 aliphatic rings. The summed E-state index contributed by atoms with van der Waals surface area (Å²) in [5.41, 5.74) is 7.61. The number of carbonyl (C=O) groups is 1. The molecule has 5 heteroatoms. The Morgan fingerprint density at radius 2 is 2.25 bits per heavy atom. The number of hydrogen-bond acceptors (Lipinski definition) is 4. The smallest absolute Gasteiger partial charge is 0.258 e. The quantitative estimate of drug-likeness (QED) is 0.878. The summed E-state index contributed by atoms with van der Waals surface area (Å²) in [4.78, 5) is 12.1. The van der Waals surface area contributed by atoms with E-state index in [1.165, 1.54) is 6.26 Å². The first-order valence-corrected chi connectivity index (χ1v) is 6.35. The Bertz CT molecular complexity index is 592. The summed E-state index contributed by atoms with van der Waals surface area (Å²) in [7, 11) is 1.65. The molecule has 0 spiro atoms. The molecule has 0 saturated carbocycles. The number of nitrogens with one attached hydrogen (secondary N) is 1. The second-order valence-electron chi connectivity index (χ2n) is 4.46. The number of benzene rings is 1. The van der Waals surface area contributed by atoms with Gasteiger partial charge in [-0.1, -0.05) is 12.1 Å². The van der Waals surface area contributed by atoms with Gasteiger partial charge in [-0.05, 0) is 30.7 Å². The Labute approximate surface area is 117 Å². The van der Waals surface area contributed by atoms with Gasteiger partial charge in [-0.15, -0.1) is 0 Å². The molecule has 20 heavy (non-hydrogen) atoms. The van der Waals surface area contributed by atoms with Crippen LogP contribution in [0, 0.1) is 0 Å². The number of ether oxygens (including phenoxy) is 1. The lowest BCUT2D eigenvalue weighted by molar-refractivity contribution is 0.102. The van der Waals surface area contributed by atoms with Gasteiger partial charge in [0.15, 0.2) is 0 Å². The lowest BCUT2D eigenvalue weighted by atomic mass is 10.1. The van der Waals surface area contributed by atoms with Crippen LogP contribution in [-0.2, 0) is 11.3 Å². The summed E-state index contributed by atoms with van der Waals surface area (Å²) < 4.78 is 10.4. The Morgan fingerprint density at radius 3 is 2.90 bits per heavy atom. The Kier molecular flexibility index (Phi) is 4.55. The molecule has 3 N–H and O–H groups in total. The molecule has 0 saturated heterocycles. The van der Waals surface area contributed by atoms with E-state index in [-0.39, 0.29) is 18.6 Å². The largest absolute Gasteiger partial charge is 0.467 e. The van der Waals surface area contributed by atoms with Gasteiger partial charge in [0.25, 0.3) is 5.91 Å². The van der Waals surface area contributed by atoms with Crippen molar-refractivity contribution in [2.24, 2.45) is 5.73 Å². The number of nitrogens with two attached hydrogens (primary N) is 1. The third-order valence-corrected chi connectivity index (χ3v) is 3.08. The average molecular weight is 274 g/mol. The van der Waals surface area contributed by atoms with Crippen molar-refractivity contribution in [3.05, 3.63) is 53.5 Å². The Morgan fingerprint density at radius 1 is 1.45 bits per heavy atom. The predicted molar refractivity (Wildman–Crippen MR) is 76.4 cm³/mol. The highest BCUT2D eigenvalue weighted by molar-refractivity contribution is 6.04. The number of methoxy groups -OCH3 is 1. The van der Waals surface area contributed by atoms with Gasteiger partial charge in [0.2, 0.25) is 0 Å². The zero-order valence-corrected chi connectivity index (χ0v) is 11.6. The van der Waals surface area contributed by atoms with Crippen LogP contribution in [0.3, 0.4) is 0 Å². The van der Waals surface area contributed by atoms with Crippen molar-refractivity contribution in [1.29, 1.82) is 0 Å². The van der Waals surface area contributed by atoms with Crippen LogP contribution in [0.5, 0.6) is 0 Å². The topological polar surface area (TPSA) is 77.5 Å². The van der Waals surface area contributed by atoms with Gasteiger partial charge in [-0.3, -0.25) is 4.79 Å². The molecule has 0 aliphatic carbocycles. The van der Waals surface area contributed by atoms with E-state index in [0.29, 0.717) is 17.0 Å². The van der Waals surface area contributed by atoms with E-state index in [0.717, 1.165) is 5.56 Å². The standard InChI is InChI=1S/C15H18N2O3/c1-10(19-2)11-4-3-5-13(6-11)17-15(18)12-7-14(8-16)20-9-12/h3-7,9-10H,8,16H2,1-2H3,(H,17,18). The molecule has 1 atom stereocenters. The maximum atomic E-state index is 12.1. The monoisotopic (exact) mass is 274 g/mol. The van der Waals surface area contributed by atoms with Crippen molar-refractivity contribution >= 4 is 11.6 Å². The molecule has 0 radical (unpaired) electrons. The maximum Gasteiger partial charge on any atom is 0.258 e. The first kappa shape index (κ1) is 14.3. The van der Waals surface area contributed by atoms with Crippen LogP contribution in [0.1, 0.15) is 34.7 Å². The number of carbonyl (C=O) groups excluding carboxylic acids is 1. The normalized spacial score (nSPS) is 12.2. The van der Waals surface area contributed by atoms with Crippen molar-refractivity contribution < 1.29 is 13.9 Å². The van der Waals surface area contributed by atoms with E-state index in [1.807, 2.05) is 31.2 Å². The minimum absolute atomic E-state index is 0.0235. The van der Waals surface area contributed by atoms with Crippen LogP contribution in [0.15, 0.2) is 41.0 Å². The second-order valence-corrected chi connectivity index (χ2v) is 4.46. The van der Waals surface area contributed by atoms with Crippen LogP contribution in [-0.4, -0.2) is 13.0 Å². The number of hydrogen-bond donors (Lipinski definition) is 2. The molecule has 1 aromatic heterocycles. The maximum absolute atomic E-state index is 12.1. The number of furan rings is 1. The average Bonchev–Trinajstić information content (AvgIpc) is 2.95. The number of amides is 1. The molecule has 0 bridgehead atoms. The SMILES string of the molecule is COC(C)c1cccc(NC(=O)c2coc(CN)c2)c1. The van der Waals surface area contributed by atoms with E-state index in [1.54, 1.807) is 13.2 Å². The van der Waals surface area contributed by atoms with Gasteiger partial charge >= 0.3 is 0 Å². The van der Waals surface area contributed by atoms with Gasteiger partial charge in [0.1, 0.15) is 12.0 Å². The molecule has 1 amide bonds. The molecule has 1 heterocycles. The van der Waals surface area contributed by atoms with Gasteiger partial charge in [0.05, 0.1) is 18.2 Å². The van der Waals surface area contributed by atoms with Crippen LogP contribution in [0.4, 0.5) is 5.69 Å².